The topological polar surface area (TPSA) is 89.4 Å². The maximum Gasteiger partial charge on any atom is 0.243 e. The highest BCUT2D eigenvalue weighted by atomic mass is 32.2. The molecule has 0 unspecified atom stereocenters. The molecule has 0 amide bonds. The van der Waals surface area contributed by atoms with Gasteiger partial charge in [0.05, 0.1) is 10.6 Å². The fourth-order valence-electron chi connectivity index (χ4n) is 2.17. The lowest BCUT2D eigenvalue weighted by Crippen LogP contribution is -2.27. The molecule has 0 fully saturated rings. The largest absolute Gasteiger partial charge is 0.399 e. The maximum absolute atomic E-state index is 12.6. The SMILES string of the molecule is Cc1cc(N)ccc1S(=O)(=O)N(C)Cc1c(C)noc1C. The zero-order chi connectivity index (χ0) is 15.8. The minimum atomic E-state index is -3.59. The van der Waals surface area contributed by atoms with E-state index in [4.69, 9.17) is 10.3 Å². The molecule has 0 bridgehead atoms. The third-order valence-corrected chi connectivity index (χ3v) is 5.41. The van der Waals surface area contributed by atoms with Gasteiger partial charge in [-0.3, -0.25) is 0 Å². The Morgan fingerprint density at radius 2 is 1.95 bits per heavy atom. The van der Waals surface area contributed by atoms with Crippen LogP contribution in [-0.2, 0) is 16.6 Å². The standard InChI is InChI=1S/C14H19N3O3S/c1-9-7-12(15)5-6-14(9)21(18,19)17(4)8-13-10(2)16-20-11(13)3/h5-7H,8,15H2,1-4H3. The van der Waals surface area contributed by atoms with Crippen LogP contribution < -0.4 is 5.73 Å². The van der Waals surface area contributed by atoms with Crippen molar-refractivity contribution in [1.29, 1.82) is 0 Å². The van der Waals surface area contributed by atoms with E-state index in [0.717, 1.165) is 5.56 Å². The highest BCUT2D eigenvalue weighted by molar-refractivity contribution is 7.89. The van der Waals surface area contributed by atoms with Gasteiger partial charge in [-0.25, -0.2) is 8.42 Å². The fourth-order valence-corrected chi connectivity index (χ4v) is 3.51. The Morgan fingerprint density at radius 3 is 2.48 bits per heavy atom. The van der Waals surface area contributed by atoms with Crippen LogP contribution in [0.15, 0.2) is 27.6 Å². The summed E-state index contributed by atoms with van der Waals surface area (Å²) in [7, 11) is -2.05. The monoisotopic (exact) mass is 309 g/mol. The van der Waals surface area contributed by atoms with E-state index < -0.39 is 10.0 Å². The molecule has 1 heterocycles. The predicted molar refractivity (Wildman–Crippen MR) is 80.2 cm³/mol. The van der Waals surface area contributed by atoms with Crippen LogP contribution in [-0.4, -0.2) is 24.9 Å². The van der Waals surface area contributed by atoms with Crippen molar-refractivity contribution in [1.82, 2.24) is 9.46 Å². The van der Waals surface area contributed by atoms with Gasteiger partial charge in [-0.2, -0.15) is 4.31 Å². The number of sulfonamides is 1. The van der Waals surface area contributed by atoms with E-state index >= 15 is 0 Å². The van der Waals surface area contributed by atoms with Crippen molar-refractivity contribution in [3.8, 4) is 0 Å². The molecule has 0 saturated carbocycles. The van der Waals surface area contributed by atoms with Crippen LogP contribution >= 0.6 is 0 Å². The third kappa shape index (κ3) is 2.93. The molecule has 21 heavy (non-hydrogen) atoms. The van der Waals surface area contributed by atoms with Crippen LogP contribution in [0.2, 0.25) is 0 Å². The lowest BCUT2D eigenvalue weighted by molar-refractivity contribution is 0.390. The van der Waals surface area contributed by atoms with Crippen molar-refractivity contribution in [3.05, 3.63) is 40.8 Å². The van der Waals surface area contributed by atoms with Crippen molar-refractivity contribution in [2.45, 2.75) is 32.2 Å². The zero-order valence-electron chi connectivity index (χ0n) is 12.5. The average molecular weight is 309 g/mol. The minimum absolute atomic E-state index is 0.216. The Morgan fingerprint density at radius 1 is 1.29 bits per heavy atom. The predicted octanol–water partition coefficient (Wildman–Crippen LogP) is 2.00. The summed E-state index contributed by atoms with van der Waals surface area (Å²) in [6.07, 6.45) is 0. The molecule has 0 aliphatic rings. The summed E-state index contributed by atoms with van der Waals surface area (Å²) in [6, 6.07) is 4.77. The molecule has 2 aromatic rings. The molecule has 0 aliphatic heterocycles. The molecule has 2 N–H and O–H groups in total. The summed E-state index contributed by atoms with van der Waals surface area (Å²) in [6.45, 7) is 5.51. The van der Waals surface area contributed by atoms with Gasteiger partial charge in [0.2, 0.25) is 10.0 Å². The van der Waals surface area contributed by atoms with Crippen LogP contribution in [0.1, 0.15) is 22.6 Å². The second-order valence-corrected chi connectivity index (χ2v) is 7.10. The fraction of sp³-hybridized carbons (Fsp3) is 0.357. The molecular formula is C14H19N3O3S. The quantitative estimate of drug-likeness (QED) is 0.873. The van der Waals surface area contributed by atoms with E-state index in [0.29, 0.717) is 22.7 Å². The summed E-state index contributed by atoms with van der Waals surface area (Å²) in [5.41, 5.74) is 8.32. The van der Waals surface area contributed by atoms with Gasteiger partial charge in [-0.1, -0.05) is 5.16 Å². The van der Waals surface area contributed by atoms with Crippen molar-refractivity contribution < 1.29 is 12.9 Å². The Hall–Kier alpha value is -1.86. The van der Waals surface area contributed by atoms with Crippen molar-refractivity contribution in [2.75, 3.05) is 12.8 Å². The number of nitrogen functional groups attached to an aromatic ring is 1. The molecule has 7 heteroatoms. The second kappa shape index (κ2) is 5.50. The smallest absolute Gasteiger partial charge is 0.243 e. The van der Waals surface area contributed by atoms with Gasteiger partial charge in [-0.15, -0.1) is 0 Å². The molecule has 2 rings (SSSR count). The number of nitrogens with zero attached hydrogens (tertiary/aromatic N) is 2. The first kappa shape index (κ1) is 15.5. The molecule has 114 valence electrons. The van der Waals surface area contributed by atoms with Gasteiger partial charge in [0, 0.05) is 24.8 Å². The summed E-state index contributed by atoms with van der Waals surface area (Å²) >= 11 is 0. The van der Waals surface area contributed by atoms with Gasteiger partial charge in [-0.05, 0) is 44.5 Å². The van der Waals surface area contributed by atoms with E-state index in [-0.39, 0.29) is 11.4 Å². The molecule has 0 spiro atoms. The molecule has 0 radical (unpaired) electrons. The number of rotatable bonds is 4. The Kier molecular flexibility index (Phi) is 4.06. The second-order valence-electron chi connectivity index (χ2n) is 5.09. The van der Waals surface area contributed by atoms with E-state index in [9.17, 15) is 8.42 Å². The zero-order valence-corrected chi connectivity index (χ0v) is 13.4. The van der Waals surface area contributed by atoms with E-state index in [1.54, 1.807) is 32.9 Å². The molecule has 1 aromatic heterocycles. The lowest BCUT2D eigenvalue weighted by atomic mass is 10.2. The van der Waals surface area contributed by atoms with Crippen LogP contribution in [0.25, 0.3) is 0 Å². The number of benzene rings is 1. The van der Waals surface area contributed by atoms with Gasteiger partial charge in [0.15, 0.2) is 0 Å². The summed E-state index contributed by atoms with van der Waals surface area (Å²) in [5.74, 6) is 0.628. The normalized spacial score (nSPS) is 12.0. The van der Waals surface area contributed by atoms with Crippen molar-refractivity contribution in [2.24, 2.45) is 0 Å². The number of anilines is 1. The van der Waals surface area contributed by atoms with Crippen LogP contribution in [0.5, 0.6) is 0 Å². The number of hydrogen-bond acceptors (Lipinski definition) is 5. The van der Waals surface area contributed by atoms with Crippen LogP contribution in [0.4, 0.5) is 5.69 Å². The Balaban J connectivity index is 2.35. The summed E-state index contributed by atoms with van der Waals surface area (Å²) < 4.78 is 31.7. The molecule has 0 aliphatic carbocycles. The molecule has 0 atom stereocenters. The van der Waals surface area contributed by atoms with Gasteiger partial charge in [0.1, 0.15) is 5.76 Å². The first-order chi connectivity index (χ1) is 9.73. The number of aryl methyl sites for hydroxylation is 3. The van der Waals surface area contributed by atoms with Crippen LogP contribution in [0.3, 0.4) is 0 Å². The highest BCUT2D eigenvalue weighted by Crippen LogP contribution is 2.23. The average Bonchev–Trinajstić information content (AvgIpc) is 2.70. The van der Waals surface area contributed by atoms with E-state index in [2.05, 4.69) is 5.16 Å². The highest BCUT2D eigenvalue weighted by Gasteiger charge is 2.25. The van der Waals surface area contributed by atoms with E-state index in [1.807, 2.05) is 0 Å². The first-order valence-electron chi connectivity index (χ1n) is 6.47. The number of aromatic nitrogens is 1. The van der Waals surface area contributed by atoms with Crippen molar-refractivity contribution >= 4 is 15.7 Å². The van der Waals surface area contributed by atoms with Gasteiger partial charge in [0.25, 0.3) is 0 Å². The molecule has 0 saturated heterocycles. The molecule has 1 aromatic carbocycles. The minimum Gasteiger partial charge on any atom is -0.399 e. The molecular weight excluding hydrogens is 290 g/mol. The summed E-state index contributed by atoms with van der Waals surface area (Å²) in [4.78, 5) is 0.256. The van der Waals surface area contributed by atoms with Crippen molar-refractivity contribution in [3.63, 3.8) is 0 Å². The maximum atomic E-state index is 12.6. The summed E-state index contributed by atoms with van der Waals surface area (Å²) in [5, 5.41) is 3.84. The number of hydrogen-bond donors (Lipinski definition) is 1. The lowest BCUT2D eigenvalue weighted by Gasteiger charge is -2.18. The molecule has 6 nitrogen and oxygen atoms in total. The Labute approximate surface area is 124 Å². The number of nitrogens with two attached hydrogens (primary N) is 1. The Bertz CT molecular complexity index is 746. The van der Waals surface area contributed by atoms with E-state index in [1.165, 1.54) is 17.4 Å². The third-order valence-electron chi connectivity index (χ3n) is 3.45. The van der Waals surface area contributed by atoms with Gasteiger partial charge < -0.3 is 10.3 Å². The van der Waals surface area contributed by atoms with Crippen LogP contribution in [0, 0.1) is 20.8 Å². The van der Waals surface area contributed by atoms with Gasteiger partial charge >= 0.3 is 0 Å². The first-order valence-corrected chi connectivity index (χ1v) is 7.91.